The van der Waals surface area contributed by atoms with Gasteiger partial charge in [-0.2, -0.15) is 0 Å². The van der Waals surface area contributed by atoms with Gasteiger partial charge in [0.25, 0.3) is 0 Å². The molecule has 0 aliphatic heterocycles. The normalized spacial score (nSPS) is 11.9. The summed E-state index contributed by atoms with van der Waals surface area (Å²) in [4.78, 5) is 0. The van der Waals surface area contributed by atoms with Crippen molar-refractivity contribution in [1.29, 1.82) is 0 Å². The summed E-state index contributed by atoms with van der Waals surface area (Å²) in [5, 5.41) is 5.34. The van der Waals surface area contributed by atoms with Gasteiger partial charge in [0, 0.05) is 54.6 Å². The molecule has 4 aromatic carbocycles. The molecular weight excluding hydrogens is 346 g/mol. The summed E-state index contributed by atoms with van der Waals surface area (Å²) in [7, 11) is 2.18. The number of aryl methyl sites for hydroxylation is 1. The molecule has 0 radical (unpaired) electrons. The van der Waals surface area contributed by atoms with Gasteiger partial charge in [0.1, 0.15) is 0 Å². The average molecular weight is 363 g/mol. The van der Waals surface area contributed by atoms with Gasteiger partial charge in [0.2, 0.25) is 0 Å². The Balaban J connectivity index is 1.79. The molecule has 0 bridgehead atoms. The Bertz CT molecular complexity index is 1480. The van der Waals surface area contributed by atoms with Crippen molar-refractivity contribution in [3.63, 3.8) is 0 Å². The maximum atomic E-state index is 2.34. The highest BCUT2D eigenvalue weighted by Crippen LogP contribution is 2.42. The lowest BCUT2D eigenvalue weighted by Crippen LogP contribution is -1.90. The standard InChI is InChI=1S/C25H17NS/c1-26-22-14-4-2-8-16(22)18-10-6-11-19(24(18)26)21-13-7-12-20-17-9-3-5-15-23(17)27-25(20)21/h2-15H,1H3. The molecule has 27 heavy (non-hydrogen) atoms. The summed E-state index contributed by atoms with van der Waals surface area (Å²) < 4.78 is 5.06. The summed E-state index contributed by atoms with van der Waals surface area (Å²) in [6.07, 6.45) is 0. The fourth-order valence-corrected chi connectivity index (χ4v) is 5.64. The van der Waals surface area contributed by atoms with Crippen molar-refractivity contribution in [3.05, 3.63) is 84.9 Å². The molecule has 1 nitrogen and oxygen atoms in total. The van der Waals surface area contributed by atoms with Crippen LogP contribution in [0, 0.1) is 0 Å². The SMILES string of the molecule is Cn1c2ccccc2c2cccc(-c3cccc4c3sc3ccccc34)c21. The van der Waals surface area contributed by atoms with Crippen LogP contribution in [0.1, 0.15) is 0 Å². The summed E-state index contributed by atoms with van der Waals surface area (Å²) >= 11 is 1.90. The number of para-hydroxylation sites is 2. The molecule has 0 spiro atoms. The van der Waals surface area contributed by atoms with Gasteiger partial charge >= 0.3 is 0 Å². The van der Waals surface area contributed by atoms with Crippen LogP contribution in [-0.4, -0.2) is 4.57 Å². The molecule has 0 unspecified atom stereocenters. The third kappa shape index (κ3) is 1.99. The van der Waals surface area contributed by atoms with E-state index >= 15 is 0 Å². The van der Waals surface area contributed by atoms with Gasteiger partial charge in [-0.25, -0.2) is 0 Å². The molecule has 2 aromatic heterocycles. The van der Waals surface area contributed by atoms with E-state index in [9.17, 15) is 0 Å². The van der Waals surface area contributed by atoms with Crippen LogP contribution < -0.4 is 0 Å². The Hall–Kier alpha value is -3.10. The number of benzene rings is 4. The number of hydrogen-bond donors (Lipinski definition) is 0. The quantitative estimate of drug-likeness (QED) is 0.287. The van der Waals surface area contributed by atoms with Crippen molar-refractivity contribution in [1.82, 2.24) is 4.57 Å². The molecule has 0 fully saturated rings. The minimum Gasteiger partial charge on any atom is -0.343 e. The van der Waals surface area contributed by atoms with Crippen LogP contribution in [0.25, 0.3) is 53.1 Å². The van der Waals surface area contributed by atoms with Crippen LogP contribution in [0.2, 0.25) is 0 Å². The van der Waals surface area contributed by atoms with Gasteiger partial charge in [0.05, 0.1) is 5.52 Å². The Kier molecular flexibility index (Phi) is 3.03. The lowest BCUT2D eigenvalue weighted by molar-refractivity contribution is 1.02. The van der Waals surface area contributed by atoms with E-state index < -0.39 is 0 Å². The second-order valence-corrected chi connectivity index (χ2v) is 8.11. The van der Waals surface area contributed by atoms with Crippen LogP contribution in [0.5, 0.6) is 0 Å². The van der Waals surface area contributed by atoms with E-state index in [1.807, 2.05) is 11.3 Å². The fourth-order valence-electron chi connectivity index (χ4n) is 4.41. The molecule has 0 amide bonds. The van der Waals surface area contributed by atoms with E-state index in [-0.39, 0.29) is 0 Å². The number of rotatable bonds is 1. The Labute approximate surface area is 161 Å². The van der Waals surface area contributed by atoms with E-state index in [0.717, 1.165) is 0 Å². The van der Waals surface area contributed by atoms with Crippen LogP contribution in [0.3, 0.4) is 0 Å². The predicted molar refractivity (Wildman–Crippen MR) is 119 cm³/mol. The molecule has 6 aromatic rings. The Morgan fingerprint density at radius 3 is 2.15 bits per heavy atom. The number of fused-ring (bicyclic) bond motifs is 6. The van der Waals surface area contributed by atoms with E-state index in [1.54, 1.807) is 0 Å². The van der Waals surface area contributed by atoms with Gasteiger partial charge in [-0.1, -0.05) is 72.8 Å². The molecule has 6 rings (SSSR count). The smallest absolute Gasteiger partial charge is 0.0568 e. The van der Waals surface area contributed by atoms with Crippen LogP contribution in [-0.2, 0) is 7.05 Å². The van der Waals surface area contributed by atoms with Gasteiger partial charge in [-0.05, 0) is 12.1 Å². The molecule has 2 heteroatoms. The van der Waals surface area contributed by atoms with E-state index in [4.69, 9.17) is 0 Å². The third-order valence-corrected chi connectivity index (χ3v) is 6.84. The molecule has 0 N–H and O–H groups in total. The third-order valence-electron chi connectivity index (χ3n) is 5.62. The van der Waals surface area contributed by atoms with Crippen molar-refractivity contribution in [2.24, 2.45) is 7.05 Å². The minimum absolute atomic E-state index is 1.28. The molecule has 0 saturated heterocycles. The zero-order valence-electron chi connectivity index (χ0n) is 14.9. The highest BCUT2D eigenvalue weighted by Gasteiger charge is 2.15. The van der Waals surface area contributed by atoms with Crippen molar-refractivity contribution in [2.75, 3.05) is 0 Å². The predicted octanol–water partition coefficient (Wildman–Crippen LogP) is 7.37. The maximum Gasteiger partial charge on any atom is 0.0568 e. The first kappa shape index (κ1) is 15.0. The van der Waals surface area contributed by atoms with E-state index in [1.165, 1.54) is 53.1 Å². The van der Waals surface area contributed by atoms with Gasteiger partial charge in [0.15, 0.2) is 0 Å². The average Bonchev–Trinajstić information content (AvgIpc) is 3.24. The highest BCUT2D eigenvalue weighted by molar-refractivity contribution is 7.26. The van der Waals surface area contributed by atoms with Crippen LogP contribution >= 0.6 is 11.3 Å². The Morgan fingerprint density at radius 1 is 0.593 bits per heavy atom. The molecule has 0 saturated carbocycles. The van der Waals surface area contributed by atoms with Gasteiger partial charge in [-0.15, -0.1) is 11.3 Å². The largest absolute Gasteiger partial charge is 0.343 e. The first-order valence-corrected chi connectivity index (χ1v) is 10.0. The lowest BCUT2D eigenvalue weighted by Gasteiger charge is -2.08. The zero-order valence-corrected chi connectivity index (χ0v) is 15.8. The summed E-state index contributed by atoms with van der Waals surface area (Å²) in [5.74, 6) is 0. The number of thiophene rings is 1. The van der Waals surface area contributed by atoms with Crippen molar-refractivity contribution in [3.8, 4) is 11.1 Å². The topological polar surface area (TPSA) is 4.93 Å². The number of hydrogen-bond acceptors (Lipinski definition) is 1. The van der Waals surface area contributed by atoms with Crippen molar-refractivity contribution < 1.29 is 0 Å². The summed E-state index contributed by atoms with van der Waals surface area (Å²) in [6, 6.07) is 30.8. The molecule has 2 heterocycles. The summed E-state index contributed by atoms with van der Waals surface area (Å²) in [5.41, 5.74) is 5.22. The minimum atomic E-state index is 1.28. The van der Waals surface area contributed by atoms with Gasteiger partial charge < -0.3 is 4.57 Å². The monoisotopic (exact) mass is 363 g/mol. The highest BCUT2D eigenvalue weighted by atomic mass is 32.1. The molecule has 0 aliphatic rings. The molecule has 0 atom stereocenters. The van der Waals surface area contributed by atoms with Crippen molar-refractivity contribution in [2.45, 2.75) is 0 Å². The van der Waals surface area contributed by atoms with Crippen LogP contribution in [0.15, 0.2) is 84.9 Å². The summed E-state index contributed by atoms with van der Waals surface area (Å²) in [6.45, 7) is 0. The Morgan fingerprint density at radius 2 is 1.26 bits per heavy atom. The second-order valence-electron chi connectivity index (χ2n) is 7.06. The zero-order chi connectivity index (χ0) is 18.0. The molecular formula is C25H17NS. The fraction of sp³-hybridized carbons (Fsp3) is 0.0400. The van der Waals surface area contributed by atoms with E-state index in [2.05, 4.69) is 96.5 Å². The first-order valence-electron chi connectivity index (χ1n) is 9.20. The molecule has 0 aliphatic carbocycles. The van der Waals surface area contributed by atoms with Crippen LogP contribution in [0.4, 0.5) is 0 Å². The maximum absolute atomic E-state index is 2.34. The number of nitrogens with zero attached hydrogens (tertiary/aromatic N) is 1. The van der Waals surface area contributed by atoms with E-state index in [0.29, 0.717) is 0 Å². The lowest BCUT2D eigenvalue weighted by atomic mass is 10.00. The second kappa shape index (κ2) is 5.45. The van der Waals surface area contributed by atoms with Gasteiger partial charge in [-0.3, -0.25) is 0 Å². The number of aromatic nitrogens is 1. The van der Waals surface area contributed by atoms with Crippen molar-refractivity contribution >= 4 is 53.3 Å². The molecule has 128 valence electrons. The first-order chi connectivity index (χ1) is 13.3.